The molecule has 158 valence electrons. The van der Waals surface area contributed by atoms with Crippen LogP contribution in [-0.2, 0) is 14.3 Å². The average molecular weight is 430 g/mol. The third-order valence-electron chi connectivity index (χ3n) is 4.62. The molecule has 0 radical (unpaired) electrons. The van der Waals surface area contributed by atoms with E-state index in [1.54, 1.807) is 36.4 Å². The fraction of sp³-hybridized carbons (Fsp3) is 0.381. The minimum absolute atomic E-state index is 0.0494. The SMILES string of the molecule is CCC(CC(=O)OC)c1ccc(C(OC)C(F)(F)F)c(Nc2ccc(Cl)cc2)c1. The fourth-order valence-corrected chi connectivity index (χ4v) is 3.20. The Hall–Kier alpha value is -2.25. The first-order chi connectivity index (χ1) is 13.7. The van der Waals surface area contributed by atoms with Crippen molar-refractivity contribution in [1.29, 1.82) is 0 Å². The number of rotatable bonds is 8. The van der Waals surface area contributed by atoms with Crippen molar-refractivity contribution in [2.24, 2.45) is 0 Å². The lowest BCUT2D eigenvalue weighted by atomic mass is 9.91. The highest BCUT2D eigenvalue weighted by molar-refractivity contribution is 6.30. The second-order valence-electron chi connectivity index (χ2n) is 6.52. The van der Waals surface area contributed by atoms with Crippen molar-refractivity contribution in [2.45, 2.75) is 38.0 Å². The van der Waals surface area contributed by atoms with Crippen molar-refractivity contribution in [3.8, 4) is 0 Å². The van der Waals surface area contributed by atoms with E-state index in [2.05, 4.69) is 5.32 Å². The number of carbonyl (C=O) groups is 1. The predicted octanol–water partition coefficient (Wildman–Crippen LogP) is 6.39. The molecule has 0 saturated carbocycles. The quantitative estimate of drug-likeness (QED) is 0.494. The molecule has 0 amide bonds. The zero-order chi connectivity index (χ0) is 21.6. The summed E-state index contributed by atoms with van der Waals surface area (Å²) in [7, 11) is 2.32. The number of nitrogens with one attached hydrogen (secondary N) is 1. The number of methoxy groups -OCH3 is 2. The average Bonchev–Trinajstić information content (AvgIpc) is 2.68. The number of esters is 1. The summed E-state index contributed by atoms with van der Waals surface area (Å²) in [6, 6.07) is 11.2. The molecule has 2 aromatic carbocycles. The first-order valence-corrected chi connectivity index (χ1v) is 9.40. The molecular formula is C21H23ClF3NO3. The van der Waals surface area contributed by atoms with Gasteiger partial charge in [-0.05, 0) is 48.2 Å². The number of benzene rings is 2. The molecule has 8 heteroatoms. The highest BCUT2D eigenvalue weighted by atomic mass is 35.5. The number of alkyl halides is 3. The number of hydrogen-bond donors (Lipinski definition) is 1. The lowest BCUT2D eigenvalue weighted by molar-refractivity contribution is -0.215. The standard InChI is InChI=1S/C21H23ClF3NO3/c1-4-13(12-19(27)28-2)14-5-10-17(20(29-3)21(23,24)25)18(11-14)26-16-8-6-15(22)7-9-16/h5-11,13,20,26H,4,12H2,1-3H3. The van der Waals surface area contributed by atoms with E-state index in [1.807, 2.05) is 6.92 Å². The Balaban J connectivity index is 2.50. The third kappa shape index (κ3) is 6.11. The molecule has 0 spiro atoms. The van der Waals surface area contributed by atoms with Gasteiger partial charge in [0.2, 0.25) is 0 Å². The lowest BCUT2D eigenvalue weighted by Gasteiger charge is -2.24. The van der Waals surface area contributed by atoms with Crippen molar-refractivity contribution in [3.05, 3.63) is 58.6 Å². The summed E-state index contributed by atoms with van der Waals surface area (Å²) in [4.78, 5) is 11.7. The monoisotopic (exact) mass is 429 g/mol. The van der Waals surface area contributed by atoms with Gasteiger partial charge in [-0.25, -0.2) is 0 Å². The van der Waals surface area contributed by atoms with Gasteiger partial charge in [-0.3, -0.25) is 4.79 Å². The highest BCUT2D eigenvalue weighted by Gasteiger charge is 2.42. The lowest BCUT2D eigenvalue weighted by Crippen LogP contribution is -2.23. The van der Waals surface area contributed by atoms with Crippen LogP contribution in [0.2, 0.25) is 5.02 Å². The first kappa shape index (κ1) is 23.0. The molecule has 0 aliphatic rings. The molecule has 4 nitrogen and oxygen atoms in total. The molecule has 2 unspecified atom stereocenters. The van der Waals surface area contributed by atoms with Crippen LogP contribution in [0.3, 0.4) is 0 Å². The van der Waals surface area contributed by atoms with Crippen LogP contribution in [0.1, 0.15) is 42.9 Å². The van der Waals surface area contributed by atoms with Gasteiger partial charge in [0.15, 0.2) is 6.10 Å². The van der Waals surface area contributed by atoms with E-state index in [0.29, 0.717) is 17.1 Å². The van der Waals surface area contributed by atoms with Crippen LogP contribution >= 0.6 is 11.6 Å². The van der Waals surface area contributed by atoms with Crippen molar-refractivity contribution in [2.75, 3.05) is 19.5 Å². The summed E-state index contributed by atoms with van der Waals surface area (Å²) < 4.78 is 49.9. The second kappa shape index (κ2) is 9.98. The molecule has 0 aromatic heterocycles. The van der Waals surface area contributed by atoms with Crippen molar-refractivity contribution in [3.63, 3.8) is 0 Å². The van der Waals surface area contributed by atoms with E-state index in [4.69, 9.17) is 21.1 Å². The fourth-order valence-electron chi connectivity index (χ4n) is 3.07. The Labute approximate surface area is 173 Å². The van der Waals surface area contributed by atoms with Gasteiger partial charge in [0.05, 0.1) is 13.5 Å². The van der Waals surface area contributed by atoms with Gasteiger partial charge in [0, 0.05) is 29.1 Å². The molecule has 2 rings (SSSR count). The maximum absolute atomic E-state index is 13.5. The minimum atomic E-state index is -4.58. The molecule has 2 atom stereocenters. The molecule has 1 N–H and O–H groups in total. The topological polar surface area (TPSA) is 47.6 Å². The number of anilines is 2. The summed E-state index contributed by atoms with van der Waals surface area (Å²) in [5.74, 6) is -0.563. The van der Waals surface area contributed by atoms with Crippen LogP contribution in [-0.4, -0.2) is 26.4 Å². The van der Waals surface area contributed by atoms with E-state index >= 15 is 0 Å². The van der Waals surface area contributed by atoms with Gasteiger partial charge in [-0.15, -0.1) is 0 Å². The van der Waals surface area contributed by atoms with Gasteiger partial charge >= 0.3 is 12.1 Å². The normalized spacial score (nSPS) is 13.6. The van der Waals surface area contributed by atoms with Crippen LogP contribution in [0, 0.1) is 0 Å². The largest absolute Gasteiger partial charge is 0.469 e. The Kier molecular flexibility index (Phi) is 7.93. The Morgan fingerprint density at radius 1 is 1.14 bits per heavy atom. The Bertz CT molecular complexity index is 825. The summed E-state index contributed by atoms with van der Waals surface area (Å²) in [6.07, 6.45) is -5.91. The van der Waals surface area contributed by atoms with Crippen LogP contribution < -0.4 is 5.32 Å². The number of hydrogen-bond acceptors (Lipinski definition) is 4. The van der Waals surface area contributed by atoms with Crippen LogP contribution in [0.15, 0.2) is 42.5 Å². The summed E-state index contributed by atoms with van der Waals surface area (Å²) in [5, 5.41) is 3.53. The minimum Gasteiger partial charge on any atom is -0.469 e. The van der Waals surface area contributed by atoms with Crippen molar-refractivity contribution >= 4 is 28.9 Å². The molecule has 29 heavy (non-hydrogen) atoms. The van der Waals surface area contributed by atoms with Crippen molar-refractivity contribution in [1.82, 2.24) is 0 Å². The molecular weight excluding hydrogens is 407 g/mol. The van der Waals surface area contributed by atoms with Gasteiger partial charge in [-0.2, -0.15) is 13.2 Å². The second-order valence-corrected chi connectivity index (χ2v) is 6.96. The van der Waals surface area contributed by atoms with E-state index in [-0.39, 0.29) is 29.6 Å². The summed E-state index contributed by atoms with van der Waals surface area (Å²) >= 11 is 5.89. The summed E-state index contributed by atoms with van der Waals surface area (Å²) in [6.45, 7) is 1.90. The third-order valence-corrected chi connectivity index (χ3v) is 4.87. The Morgan fingerprint density at radius 2 is 1.79 bits per heavy atom. The zero-order valence-electron chi connectivity index (χ0n) is 16.3. The molecule has 0 bridgehead atoms. The first-order valence-electron chi connectivity index (χ1n) is 9.02. The molecule has 0 aliphatic heterocycles. The smallest absolute Gasteiger partial charge is 0.418 e. The van der Waals surface area contributed by atoms with Gasteiger partial charge in [-0.1, -0.05) is 30.7 Å². The maximum Gasteiger partial charge on any atom is 0.418 e. The van der Waals surface area contributed by atoms with E-state index in [1.165, 1.54) is 13.2 Å². The molecule has 0 heterocycles. The van der Waals surface area contributed by atoms with Gasteiger partial charge in [0.1, 0.15) is 0 Å². The Morgan fingerprint density at radius 3 is 2.31 bits per heavy atom. The van der Waals surface area contributed by atoms with Gasteiger partial charge < -0.3 is 14.8 Å². The van der Waals surface area contributed by atoms with Crippen LogP contribution in [0.4, 0.5) is 24.5 Å². The maximum atomic E-state index is 13.5. The van der Waals surface area contributed by atoms with E-state index in [9.17, 15) is 18.0 Å². The molecule has 0 aliphatic carbocycles. The van der Waals surface area contributed by atoms with Crippen LogP contribution in [0.5, 0.6) is 0 Å². The molecule has 0 saturated heterocycles. The number of ether oxygens (including phenoxy) is 2. The van der Waals surface area contributed by atoms with Gasteiger partial charge in [0.25, 0.3) is 0 Å². The van der Waals surface area contributed by atoms with Crippen molar-refractivity contribution < 1.29 is 27.4 Å². The van der Waals surface area contributed by atoms with E-state index in [0.717, 1.165) is 12.7 Å². The number of carbonyl (C=O) groups excluding carboxylic acids is 1. The predicted molar refractivity (Wildman–Crippen MR) is 107 cm³/mol. The molecule has 0 fully saturated rings. The van der Waals surface area contributed by atoms with E-state index < -0.39 is 12.3 Å². The van der Waals surface area contributed by atoms with Crippen LogP contribution in [0.25, 0.3) is 0 Å². The molecule has 2 aromatic rings. The zero-order valence-corrected chi connectivity index (χ0v) is 17.1. The highest BCUT2D eigenvalue weighted by Crippen LogP contribution is 2.41. The number of halogens is 4. The summed E-state index contributed by atoms with van der Waals surface area (Å²) in [5.41, 5.74) is 1.50.